The van der Waals surface area contributed by atoms with Crippen LogP contribution in [-0.4, -0.2) is 17.2 Å². The average molecular weight is 181 g/mol. The first-order chi connectivity index (χ1) is 6.15. The van der Waals surface area contributed by atoms with E-state index in [2.05, 4.69) is 4.99 Å². The molecule has 0 bridgehead atoms. The molecule has 0 atom stereocenters. The zero-order valence-electron chi connectivity index (χ0n) is 6.32. The Bertz CT molecular complexity index is 396. The molecule has 66 valence electrons. The molecule has 0 spiro atoms. The lowest BCUT2D eigenvalue weighted by Crippen LogP contribution is -1.96. The maximum atomic E-state index is 12.9. The molecule has 0 unspecified atom stereocenters. The van der Waals surface area contributed by atoms with E-state index in [4.69, 9.17) is 5.11 Å². The Labute approximate surface area is 72.3 Å². The third-order valence-corrected chi connectivity index (χ3v) is 1.36. The van der Waals surface area contributed by atoms with E-state index in [1.54, 1.807) is 0 Å². The van der Waals surface area contributed by atoms with Crippen molar-refractivity contribution in [1.29, 1.82) is 0 Å². The Balaban J connectivity index is 3.19. The van der Waals surface area contributed by atoms with Gasteiger partial charge in [0.2, 0.25) is 6.08 Å². The Hall–Kier alpha value is -2.00. The van der Waals surface area contributed by atoms with Crippen LogP contribution in [-0.2, 0) is 4.79 Å². The van der Waals surface area contributed by atoms with Gasteiger partial charge in [-0.2, -0.15) is 4.99 Å². The average Bonchev–Trinajstić information content (AvgIpc) is 2.08. The molecule has 13 heavy (non-hydrogen) atoms. The fourth-order valence-corrected chi connectivity index (χ4v) is 0.780. The molecule has 1 rings (SSSR count). The van der Waals surface area contributed by atoms with Gasteiger partial charge in [-0.25, -0.2) is 14.0 Å². The second kappa shape index (κ2) is 3.60. The summed E-state index contributed by atoms with van der Waals surface area (Å²) in [5.41, 5.74) is -0.414. The lowest BCUT2D eigenvalue weighted by molar-refractivity contribution is 0.0696. The van der Waals surface area contributed by atoms with E-state index in [-0.39, 0.29) is 11.3 Å². The largest absolute Gasteiger partial charge is 0.478 e. The first-order valence-corrected chi connectivity index (χ1v) is 3.26. The zero-order chi connectivity index (χ0) is 9.84. The van der Waals surface area contributed by atoms with E-state index in [1.165, 1.54) is 0 Å². The lowest BCUT2D eigenvalue weighted by Gasteiger charge is -1.96. The van der Waals surface area contributed by atoms with Gasteiger partial charge in [-0.3, -0.25) is 0 Å². The third-order valence-electron chi connectivity index (χ3n) is 1.36. The first kappa shape index (κ1) is 9.09. The van der Waals surface area contributed by atoms with Crippen molar-refractivity contribution in [2.24, 2.45) is 4.99 Å². The smallest absolute Gasteiger partial charge is 0.335 e. The maximum absolute atomic E-state index is 12.9. The molecule has 1 aromatic carbocycles. The fourth-order valence-electron chi connectivity index (χ4n) is 0.780. The molecule has 0 radical (unpaired) electrons. The van der Waals surface area contributed by atoms with Crippen LogP contribution in [0.5, 0.6) is 0 Å². The van der Waals surface area contributed by atoms with Crippen molar-refractivity contribution in [2.75, 3.05) is 0 Å². The minimum absolute atomic E-state index is 0.192. The van der Waals surface area contributed by atoms with Gasteiger partial charge in [-0.1, -0.05) is 0 Å². The van der Waals surface area contributed by atoms with Crippen LogP contribution in [0.15, 0.2) is 23.2 Å². The van der Waals surface area contributed by atoms with Crippen LogP contribution in [0.2, 0.25) is 0 Å². The van der Waals surface area contributed by atoms with E-state index in [0.29, 0.717) is 0 Å². The van der Waals surface area contributed by atoms with Crippen LogP contribution in [0.4, 0.5) is 10.1 Å². The van der Waals surface area contributed by atoms with E-state index in [9.17, 15) is 14.0 Å². The van der Waals surface area contributed by atoms with Crippen LogP contribution < -0.4 is 0 Å². The molecule has 0 aromatic heterocycles. The molecule has 0 aliphatic rings. The van der Waals surface area contributed by atoms with E-state index in [0.717, 1.165) is 24.3 Å². The van der Waals surface area contributed by atoms with Crippen LogP contribution in [0.25, 0.3) is 0 Å². The Morgan fingerprint density at radius 3 is 2.69 bits per heavy atom. The topological polar surface area (TPSA) is 66.7 Å². The molecule has 0 saturated heterocycles. The number of aromatic carboxylic acids is 1. The molecule has 5 heteroatoms. The number of carboxylic acids is 1. The molecule has 1 N–H and O–H groups in total. The quantitative estimate of drug-likeness (QED) is 0.555. The Morgan fingerprint density at radius 2 is 2.23 bits per heavy atom. The van der Waals surface area contributed by atoms with Crippen molar-refractivity contribution >= 4 is 17.7 Å². The predicted octanol–water partition coefficient (Wildman–Crippen LogP) is 1.49. The predicted molar refractivity (Wildman–Crippen MR) is 41.1 cm³/mol. The van der Waals surface area contributed by atoms with E-state index >= 15 is 0 Å². The number of isocyanates is 1. The summed E-state index contributed by atoms with van der Waals surface area (Å²) in [5.74, 6) is -2.09. The second-order valence-electron chi connectivity index (χ2n) is 2.17. The Kier molecular flexibility index (Phi) is 2.52. The van der Waals surface area contributed by atoms with Crippen LogP contribution >= 0.6 is 0 Å². The van der Waals surface area contributed by atoms with Gasteiger partial charge in [-0.15, -0.1) is 0 Å². The number of hydrogen-bond donors (Lipinski definition) is 1. The molecule has 1 aromatic rings. The highest BCUT2D eigenvalue weighted by molar-refractivity contribution is 5.88. The SMILES string of the molecule is O=C=Nc1ccc(C(=O)O)cc1F. The highest BCUT2D eigenvalue weighted by Gasteiger charge is 2.06. The molecule has 0 fully saturated rings. The maximum Gasteiger partial charge on any atom is 0.335 e. The van der Waals surface area contributed by atoms with Gasteiger partial charge >= 0.3 is 5.97 Å². The molecule has 0 saturated carbocycles. The molecular weight excluding hydrogens is 177 g/mol. The fraction of sp³-hybridized carbons (Fsp3) is 0. The molecule has 0 amide bonds. The number of aliphatic imine (C=N–C) groups is 1. The highest BCUT2D eigenvalue weighted by Crippen LogP contribution is 2.17. The van der Waals surface area contributed by atoms with Crippen molar-refractivity contribution in [3.8, 4) is 0 Å². The van der Waals surface area contributed by atoms with Crippen LogP contribution in [0.1, 0.15) is 10.4 Å². The Morgan fingerprint density at radius 1 is 1.54 bits per heavy atom. The van der Waals surface area contributed by atoms with Gasteiger partial charge in [0.15, 0.2) is 5.82 Å². The first-order valence-electron chi connectivity index (χ1n) is 3.26. The summed E-state index contributed by atoms with van der Waals surface area (Å²) in [6.07, 6.45) is 1.16. The molecule has 4 nitrogen and oxygen atoms in total. The zero-order valence-corrected chi connectivity index (χ0v) is 6.32. The summed E-state index contributed by atoms with van der Waals surface area (Å²) in [6.45, 7) is 0. The second-order valence-corrected chi connectivity index (χ2v) is 2.17. The van der Waals surface area contributed by atoms with Crippen molar-refractivity contribution in [2.45, 2.75) is 0 Å². The minimum Gasteiger partial charge on any atom is -0.478 e. The number of hydrogen-bond acceptors (Lipinski definition) is 3. The van der Waals surface area contributed by atoms with Gasteiger partial charge < -0.3 is 5.11 Å². The van der Waals surface area contributed by atoms with Crippen LogP contribution in [0.3, 0.4) is 0 Å². The molecule has 0 aliphatic heterocycles. The number of rotatable bonds is 2. The minimum atomic E-state index is -1.24. The van der Waals surface area contributed by atoms with Crippen molar-refractivity contribution in [3.63, 3.8) is 0 Å². The summed E-state index contributed by atoms with van der Waals surface area (Å²) >= 11 is 0. The van der Waals surface area contributed by atoms with Crippen LogP contribution in [0, 0.1) is 5.82 Å². The van der Waals surface area contributed by atoms with Crippen molar-refractivity contribution in [3.05, 3.63) is 29.6 Å². The summed E-state index contributed by atoms with van der Waals surface area (Å²) in [7, 11) is 0. The summed E-state index contributed by atoms with van der Waals surface area (Å²) in [4.78, 5) is 23.2. The number of benzene rings is 1. The summed E-state index contributed by atoms with van der Waals surface area (Å²) in [5, 5.41) is 8.46. The number of halogens is 1. The van der Waals surface area contributed by atoms with Gasteiger partial charge in [0, 0.05) is 0 Å². The normalized spacial score (nSPS) is 9.00. The third kappa shape index (κ3) is 1.98. The van der Waals surface area contributed by atoms with Gasteiger partial charge in [-0.05, 0) is 18.2 Å². The number of carboxylic acid groups (broad SMARTS) is 1. The van der Waals surface area contributed by atoms with Gasteiger partial charge in [0.1, 0.15) is 5.69 Å². The molecule has 0 heterocycles. The van der Waals surface area contributed by atoms with Crippen molar-refractivity contribution in [1.82, 2.24) is 0 Å². The van der Waals surface area contributed by atoms with Gasteiger partial charge in [0.25, 0.3) is 0 Å². The standard InChI is InChI=1S/C8H4FNO3/c9-6-3-5(8(12)13)1-2-7(6)10-4-11/h1-3H,(H,12,13). The van der Waals surface area contributed by atoms with Crippen molar-refractivity contribution < 1.29 is 19.1 Å². The van der Waals surface area contributed by atoms with E-state index in [1.807, 2.05) is 0 Å². The number of nitrogens with zero attached hydrogens (tertiary/aromatic N) is 1. The lowest BCUT2D eigenvalue weighted by atomic mass is 10.2. The summed E-state index contributed by atoms with van der Waals surface area (Å²) in [6, 6.07) is 3.05. The molecule has 0 aliphatic carbocycles. The highest BCUT2D eigenvalue weighted by atomic mass is 19.1. The number of carbonyl (C=O) groups excluding carboxylic acids is 1. The monoisotopic (exact) mass is 181 g/mol. The summed E-state index contributed by atoms with van der Waals surface area (Å²) < 4.78 is 12.9. The van der Waals surface area contributed by atoms with E-state index < -0.39 is 11.8 Å². The molecular formula is C8H4FNO3. The number of carbonyl (C=O) groups is 1. The van der Waals surface area contributed by atoms with Gasteiger partial charge in [0.05, 0.1) is 5.56 Å².